The van der Waals surface area contributed by atoms with E-state index < -0.39 is 0 Å². The lowest BCUT2D eigenvalue weighted by molar-refractivity contribution is 0.0600. The van der Waals surface area contributed by atoms with Gasteiger partial charge in [-0.2, -0.15) is 0 Å². The Labute approximate surface area is 114 Å². The van der Waals surface area contributed by atoms with Crippen LogP contribution < -0.4 is 5.32 Å². The highest BCUT2D eigenvalue weighted by Gasteiger charge is 2.22. The standard InChI is InChI=1S/C16H21NO2/c1-16(2)11-13(8-9-17-16)10-12-4-6-14(7-5-12)15(18)19-3/h4-7,10,17H,8-9,11H2,1-3H3/b13-10+. The molecule has 1 aliphatic heterocycles. The van der Waals surface area contributed by atoms with Crippen molar-refractivity contribution in [3.63, 3.8) is 0 Å². The second-order valence-corrected chi connectivity index (χ2v) is 5.65. The van der Waals surface area contributed by atoms with Gasteiger partial charge >= 0.3 is 5.97 Å². The average molecular weight is 259 g/mol. The lowest BCUT2D eigenvalue weighted by Gasteiger charge is -2.32. The second-order valence-electron chi connectivity index (χ2n) is 5.65. The van der Waals surface area contributed by atoms with Crippen LogP contribution in [-0.2, 0) is 4.74 Å². The van der Waals surface area contributed by atoms with E-state index >= 15 is 0 Å². The summed E-state index contributed by atoms with van der Waals surface area (Å²) >= 11 is 0. The molecule has 19 heavy (non-hydrogen) atoms. The fourth-order valence-electron chi connectivity index (χ4n) is 2.47. The van der Waals surface area contributed by atoms with Crippen molar-refractivity contribution in [1.82, 2.24) is 5.32 Å². The van der Waals surface area contributed by atoms with Crippen LogP contribution in [-0.4, -0.2) is 25.2 Å². The molecule has 0 amide bonds. The number of hydrogen-bond acceptors (Lipinski definition) is 3. The summed E-state index contributed by atoms with van der Waals surface area (Å²) in [5, 5.41) is 3.50. The van der Waals surface area contributed by atoms with Gasteiger partial charge in [0.2, 0.25) is 0 Å². The van der Waals surface area contributed by atoms with Crippen LogP contribution in [0.3, 0.4) is 0 Å². The van der Waals surface area contributed by atoms with Gasteiger partial charge in [-0.05, 0) is 50.9 Å². The Hall–Kier alpha value is -1.61. The first-order valence-electron chi connectivity index (χ1n) is 6.63. The minimum absolute atomic E-state index is 0.177. The lowest BCUT2D eigenvalue weighted by atomic mass is 9.88. The number of methoxy groups -OCH3 is 1. The minimum atomic E-state index is -0.290. The van der Waals surface area contributed by atoms with E-state index in [-0.39, 0.29) is 11.5 Å². The first kappa shape index (κ1) is 13.8. The molecule has 0 aliphatic carbocycles. The molecule has 1 N–H and O–H groups in total. The number of piperidine rings is 1. The van der Waals surface area contributed by atoms with Crippen molar-refractivity contribution in [2.45, 2.75) is 32.2 Å². The molecule has 1 fully saturated rings. The molecule has 0 aromatic heterocycles. The molecule has 0 radical (unpaired) electrons. The third kappa shape index (κ3) is 3.67. The number of carbonyl (C=O) groups excluding carboxylic acids is 1. The van der Waals surface area contributed by atoms with Crippen molar-refractivity contribution < 1.29 is 9.53 Å². The minimum Gasteiger partial charge on any atom is -0.465 e. The van der Waals surface area contributed by atoms with Gasteiger partial charge in [0.25, 0.3) is 0 Å². The Morgan fingerprint density at radius 3 is 2.58 bits per heavy atom. The number of benzene rings is 1. The molecule has 0 atom stereocenters. The van der Waals surface area contributed by atoms with Gasteiger partial charge < -0.3 is 10.1 Å². The van der Waals surface area contributed by atoms with Crippen LogP contribution in [0, 0.1) is 0 Å². The summed E-state index contributed by atoms with van der Waals surface area (Å²) in [6.07, 6.45) is 4.37. The Balaban J connectivity index is 2.12. The number of rotatable bonds is 2. The summed E-state index contributed by atoms with van der Waals surface area (Å²) in [6.45, 7) is 5.47. The topological polar surface area (TPSA) is 38.3 Å². The van der Waals surface area contributed by atoms with E-state index in [1.54, 1.807) is 0 Å². The summed E-state index contributed by atoms with van der Waals surface area (Å²) < 4.78 is 4.69. The predicted molar refractivity (Wildman–Crippen MR) is 77.1 cm³/mol. The number of ether oxygens (including phenoxy) is 1. The molecular weight excluding hydrogens is 238 g/mol. The molecule has 1 aliphatic rings. The van der Waals surface area contributed by atoms with Gasteiger partial charge in [-0.15, -0.1) is 0 Å². The van der Waals surface area contributed by atoms with Crippen molar-refractivity contribution in [3.8, 4) is 0 Å². The van der Waals surface area contributed by atoms with Crippen molar-refractivity contribution in [2.24, 2.45) is 0 Å². The maximum atomic E-state index is 11.4. The van der Waals surface area contributed by atoms with Crippen LogP contribution in [0.25, 0.3) is 6.08 Å². The quantitative estimate of drug-likeness (QED) is 0.830. The normalized spacial score (nSPS) is 20.3. The van der Waals surface area contributed by atoms with Gasteiger partial charge in [-0.1, -0.05) is 23.8 Å². The summed E-state index contributed by atoms with van der Waals surface area (Å²) in [6, 6.07) is 7.55. The zero-order valence-electron chi connectivity index (χ0n) is 11.8. The maximum absolute atomic E-state index is 11.4. The predicted octanol–water partition coefficient (Wildman–Crippen LogP) is 3.02. The molecule has 0 saturated carbocycles. The SMILES string of the molecule is COC(=O)c1ccc(/C=C2\CCNC(C)(C)C2)cc1. The van der Waals surface area contributed by atoms with Crippen LogP contribution in [0.2, 0.25) is 0 Å². The van der Waals surface area contributed by atoms with Gasteiger partial charge in [0.05, 0.1) is 12.7 Å². The first-order chi connectivity index (χ1) is 9.00. The van der Waals surface area contributed by atoms with Crippen molar-refractivity contribution in [2.75, 3.05) is 13.7 Å². The molecular formula is C16H21NO2. The highest BCUT2D eigenvalue weighted by atomic mass is 16.5. The molecule has 1 aromatic rings. The van der Waals surface area contributed by atoms with E-state index in [0.29, 0.717) is 5.56 Å². The smallest absolute Gasteiger partial charge is 0.337 e. The number of nitrogens with one attached hydrogen (secondary N) is 1. The fraction of sp³-hybridized carbons (Fsp3) is 0.438. The van der Waals surface area contributed by atoms with E-state index in [1.165, 1.54) is 12.7 Å². The number of esters is 1. The summed E-state index contributed by atoms with van der Waals surface area (Å²) in [5.74, 6) is -0.290. The Morgan fingerprint density at radius 1 is 1.32 bits per heavy atom. The van der Waals surface area contributed by atoms with E-state index in [2.05, 4.69) is 25.2 Å². The maximum Gasteiger partial charge on any atom is 0.337 e. The third-order valence-corrected chi connectivity index (χ3v) is 3.42. The van der Waals surface area contributed by atoms with E-state index in [0.717, 1.165) is 24.9 Å². The van der Waals surface area contributed by atoms with Crippen molar-refractivity contribution in [1.29, 1.82) is 0 Å². The molecule has 1 heterocycles. The number of hydrogen-bond donors (Lipinski definition) is 1. The second kappa shape index (κ2) is 5.57. The molecule has 2 rings (SSSR count). The molecule has 1 saturated heterocycles. The first-order valence-corrected chi connectivity index (χ1v) is 6.63. The Bertz CT molecular complexity index is 486. The molecule has 0 spiro atoms. The molecule has 102 valence electrons. The van der Waals surface area contributed by atoms with Crippen LogP contribution in [0.4, 0.5) is 0 Å². The van der Waals surface area contributed by atoms with E-state index in [4.69, 9.17) is 4.74 Å². The number of carbonyl (C=O) groups is 1. The molecule has 0 bridgehead atoms. The highest BCUT2D eigenvalue weighted by molar-refractivity contribution is 5.89. The lowest BCUT2D eigenvalue weighted by Crippen LogP contribution is -2.43. The van der Waals surface area contributed by atoms with E-state index in [9.17, 15) is 4.79 Å². The van der Waals surface area contributed by atoms with Gasteiger partial charge in [-0.3, -0.25) is 0 Å². The van der Waals surface area contributed by atoms with Crippen LogP contribution >= 0.6 is 0 Å². The molecule has 3 nitrogen and oxygen atoms in total. The highest BCUT2D eigenvalue weighted by Crippen LogP contribution is 2.25. The van der Waals surface area contributed by atoms with E-state index in [1.807, 2.05) is 24.3 Å². The van der Waals surface area contributed by atoms with Crippen molar-refractivity contribution in [3.05, 3.63) is 41.0 Å². The monoisotopic (exact) mass is 259 g/mol. The molecule has 3 heteroatoms. The van der Waals surface area contributed by atoms with Gasteiger partial charge in [-0.25, -0.2) is 4.79 Å². The van der Waals surface area contributed by atoms with Crippen molar-refractivity contribution >= 4 is 12.0 Å². The largest absolute Gasteiger partial charge is 0.465 e. The summed E-state index contributed by atoms with van der Waals surface area (Å²) in [7, 11) is 1.40. The average Bonchev–Trinajstić information content (AvgIpc) is 2.37. The Morgan fingerprint density at radius 2 is 2.00 bits per heavy atom. The van der Waals surface area contributed by atoms with Crippen LogP contribution in [0.5, 0.6) is 0 Å². The third-order valence-electron chi connectivity index (χ3n) is 3.42. The molecule has 0 unspecified atom stereocenters. The van der Waals surface area contributed by atoms with Gasteiger partial charge in [0, 0.05) is 5.54 Å². The summed E-state index contributed by atoms with van der Waals surface area (Å²) in [4.78, 5) is 11.4. The van der Waals surface area contributed by atoms with Gasteiger partial charge in [0.15, 0.2) is 0 Å². The van der Waals surface area contributed by atoms with Gasteiger partial charge in [0.1, 0.15) is 0 Å². The zero-order chi connectivity index (χ0) is 13.9. The fourth-order valence-corrected chi connectivity index (χ4v) is 2.47. The molecule has 1 aromatic carbocycles. The zero-order valence-corrected chi connectivity index (χ0v) is 11.8. The van der Waals surface area contributed by atoms with Crippen LogP contribution in [0.15, 0.2) is 29.8 Å². The van der Waals surface area contributed by atoms with Crippen LogP contribution in [0.1, 0.15) is 42.6 Å². The summed E-state index contributed by atoms with van der Waals surface area (Å²) in [5.41, 5.74) is 3.36. The Kier molecular flexibility index (Phi) is 4.05.